The summed E-state index contributed by atoms with van der Waals surface area (Å²) in [6, 6.07) is 15.5. The molecule has 0 spiro atoms. The van der Waals surface area contributed by atoms with Crippen LogP contribution in [0.3, 0.4) is 0 Å². The molecule has 0 radical (unpaired) electrons. The van der Waals surface area contributed by atoms with E-state index in [4.69, 9.17) is 17.2 Å². The van der Waals surface area contributed by atoms with Gasteiger partial charge >= 0.3 is 0 Å². The number of anilines is 1. The number of benzene rings is 1. The number of hydrogen-bond acceptors (Lipinski definition) is 6. The molecule has 3 heterocycles. The van der Waals surface area contributed by atoms with Crippen LogP contribution in [0.4, 0.5) is 5.82 Å². The molecule has 1 atom stereocenters. The molecule has 8 heteroatoms. The number of fused-ring (bicyclic) bond motifs is 1. The highest BCUT2D eigenvalue weighted by Crippen LogP contribution is 2.38. The topological polar surface area (TPSA) is 57.9 Å². The summed E-state index contributed by atoms with van der Waals surface area (Å²) in [7, 11) is 2.01. The average Bonchev–Trinajstić information content (AvgIpc) is 3.18. The predicted octanol–water partition coefficient (Wildman–Crippen LogP) is 5.43. The van der Waals surface area contributed by atoms with Crippen LogP contribution in [0.25, 0.3) is 11.7 Å². The van der Waals surface area contributed by atoms with Crippen molar-refractivity contribution in [2.24, 2.45) is 0 Å². The molecule has 0 bridgehead atoms. The average molecular weight is 505 g/mol. The molecule has 1 aliphatic heterocycles. The van der Waals surface area contributed by atoms with Gasteiger partial charge < -0.3 is 4.90 Å². The van der Waals surface area contributed by atoms with Crippen LogP contribution in [0, 0.1) is 0 Å². The van der Waals surface area contributed by atoms with E-state index in [2.05, 4.69) is 4.90 Å². The van der Waals surface area contributed by atoms with Crippen LogP contribution >= 0.6 is 24.0 Å². The Kier molecular flexibility index (Phi) is 6.75. The first kappa shape index (κ1) is 23.8. The van der Waals surface area contributed by atoms with Crippen LogP contribution in [-0.4, -0.2) is 37.6 Å². The van der Waals surface area contributed by atoms with Crippen molar-refractivity contribution >= 4 is 51.7 Å². The molecule has 5 rings (SSSR count). The highest BCUT2D eigenvalue weighted by atomic mass is 32.2. The number of pyridine rings is 1. The van der Waals surface area contributed by atoms with Gasteiger partial charge in [0.05, 0.1) is 16.5 Å². The van der Waals surface area contributed by atoms with Crippen molar-refractivity contribution in [3.8, 4) is 0 Å². The first-order chi connectivity index (χ1) is 17.0. The van der Waals surface area contributed by atoms with E-state index in [1.165, 1.54) is 35.4 Å². The maximum absolute atomic E-state index is 13.6. The van der Waals surface area contributed by atoms with Gasteiger partial charge in [-0.15, -0.1) is 0 Å². The molecule has 1 aliphatic carbocycles. The molecule has 0 N–H and O–H groups in total. The van der Waals surface area contributed by atoms with E-state index in [0.717, 1.165) is 18.4 Å². The van der Waals surface area contributed by atoms with Crippen LogP contribution in [0.2, 0.25) is 0 Å². The lowest BCUT2D eigenvalue weighted by molar-refractivity contribution is -0.123. The number of thiocarbonyl (C=S) groups is 1. The van der Waals surface area contributed by atoms with E-state index in [0.29, 0.717) is 32.3 Å². The summed E-state index contributed by atoms with van der Waals surface area (Å²) < 4.78 is 2.03. The summed E-state index contributed by atoms with van der Waals surface area (Å²) in [5, 5.41) is 0. The Bertz CT molecular complexity index is 1360. The zero-order valence-corrected chi connectivity index (χ0v) is 21.5. The molecule has 1 amide bonds. The second-order valence-electron chi connectivity index (χ2n) is 9.12. The van der Waals surface area contributed by atoms with Crippen LogP contribution in [0.15, 0.2) is 64.4 Å². The first-order valence-electron chi connectivity index (χ1n) is 12.0. The quantitative estimate of drug-likeness (QED) is 0.341. The van der Waals surface area contributed by atoms with Gasteiger partial charge in [-0.3, -0.25) is 18.9 Å². The van der Waals surface area contributed by atoms with Crippen molar-refractivity contribution in [2.45, 2.75) is 51.1 Å². The molecule has 3 aromatic rings. The Morgan fingerprint density at radius 1 is 1.09 bits per heavy atom. The summed E-state index contributed by atoms with van der Waals surface area (Å²) in [5.41, 5.74) is 1.84. The lowest BCUT2D eigenvalue weighted by Crippen LogP contribution is -2.36. The summed E-state index contributed by atoms with van der Waals surface area (Å²) in [4.78, 5) is 36.2. The molecule has 2 fully saturated rings. The van der Waals surface area contributed by atoms with Gasteiger partial charge in [0.25, 0.3) is 11.5 Å². The fourth-order valence-electron chi connectivity index (χ4n) is 4.95. The third-order valence-electron chi connectivity index (χ3n) is 6.97. The van der Waals surface area contributed by atoms with E-state index in [-0.39, 0.29) is 17.5 Å². The third-order valence-corrected chi connectivity index (χ3v) is 8.30. The van der Waals surface area contributed by atoms with Crippen LogP contribution in [0.1, 0.15) is 56.2 Å². The van der Waals surface area contributed by atoms with Gasteiger partial charge in [-0.25, -0.2) is 4.98 Å². The van der Waals surface area contributed by atoms with Crippen molar-refractivity contribution in [2.75, 3.05) is 11.9 Å². The maximum Gasteiger partial charge on any atom is 0.267 e. The van der Waals surface area contributed by atoms with E-state index in [1.807, 2.05) is 62.5 Å². The van der Waals surface area contributed by atoms with Crippen molar-refractivity contribution in [1.82, 2.24) is 14.3 Å². The first-order valence-corrected chi connectivity index (χ1v) is 13.2. The second kappa shape index (κ2) is 9.95. The van der Waals surface area contributed by atoms with Gasteiger partial charge in [-0.05, 0) is 43.5 Å². The molecule has 2 aliphatic rings. The highest BCUT2D eigenvalue weighted by Gasteiger charge is 2.36. The fraction of sp³-hybridized carbons (Fsp3) is 0.333. The molecular weight excluding hydrogens is 476 g/mol. The minimum atomic E-state index is -0.199. The lowest BCUT2D eigenvalue weighted by atomic mass is 9.94. The normalized spacial score (nSPS) is 19.0. The zero-order valence-electron chi connectivity index (χ0n) is 19.9. The van der Waals surface area contributed by atoms with E-state index in [9.17, 15) is 9.59 Å². The molecule has 180 valence electrons. The summed E-state index contributed by atoms with van der Waals surface area (Å²) >= 11 is 6.85. The Morgan fingerprint density at radius 3 is 2.54 bits per heavy atom. The summed E-state index contributed by atoms with van der Waals surface area (Å²) in [6.45, 7) is 1.97. The smallest absolute Gasteiger partial charge is 0.267 e. The van der Waals surface area contributed by atoms with Gasteiger partial charge in [0, 0.05) is 19.3 Å². The number of thioether (sulfide) groups is 1. The van der Waals surface area contributed by atoms with Crippen molar-refractivity contribution in [1.29, 1.82) is 0 Å². The second-order valence-corrected chi connectivity index (χ2v) is 10.8. The number of aromatic nitrogens is 2. The molecule has 1 aromatic carbocycles. The monoisotopic (exact) mass is 504 g/mol. The molecule has 2 aromatic heterocycles. The third kappa shape index (κ3) is 4.52. The summed E-state index contributed by atoms with van der Waals surface area (Å²) in [6.07, 6.45) is 9.15. The van der Waals surface area contributed by atoms with Gasteiger partial charge in [0.15, 0.2) is 0 Å². The summed E-state index contributed by atoms with van der Waals surface area (Å²) in [5.74, 6) is 0.439. The van der Waals surface area contributed by atoms with Crippen LogP contribution < -0.4 is 10.5 Å². The molecule has 1 saturated carbocycles. The van der Waals surface area contributed by atoms with Crippen molar-refractivity contribution in [3.05, 3.63) is 81.1 Å². The lowest BCUT2D eigenvalue weighted by Gasteiger charge is -2.33. The Morgan fingerprint density at radius 2 is 1.80 bits per heavy atom. The standard InChI is InChI=1S/C27H28N4O2S2/c1-18(19-11-5-3-6-12-19)31-26(33)22(35-27(31)34)17-21-24(29(2)20-13-7-4-8-14-20)28-23-15-9-10-16-30(23)25(21)32/h3,5-6,9-12,15-18,20H,4,7-8,13-14H2,1-2H3/b22-17-/t18-/m0/s1. The van der Waals surface area contributed by atoms with Gasteiger partial charge in [0.1, 0.15) is 15.8 Å². The van der Waals surface area contributed by atoms with Gasteiger partial charge in [-0.1, -0.05) is 79.6 Å². The minimum Gasteiger partial charge on any atom is -0.356 e. The Hall–Kier alpha value is -2.97. The van der Waals surface area contributed by atoms with Gasteiger partial charge in [0.2, 0.25) is 0 Å². The fourth-order valence-corrected chi connectivity index (χ4v) is 6.35. The number of hydrogen-bond donors (Lipinski definition) is 0. The molecular formula is C27H28N4O2S2. The van der Waals surface area contributed by atoms with E-state index >= 15 is 0 Å². The Balaban J connectivity index is 1.58. The number of amides is 1. The largest absolute Gasteiger partial charge is 0.356 e. The van der Waals surface area contributed by atoms with Crippen LogP contribution in [0.5, 0.6) is 0 Å². The predicted molar refractivity (Wildman–Crippen MR) is 147 cm³/mol. The number of nitrogens with zero attached hydrogens (tertiary/aromatic N) is 4. The van der Waals surface area contributed by atoms with Crippen molar-refractivity contribution in [3.63, 3.8) is 0 Å². The highest BCUT2D eigenvalue weighted by molar-refractivity contribution is 8.26. The molecule has 1 saturated heterocycles. The van der Waals surface area contributed by atoms with Gasteiger partial charge in [-0.2, -0.15) is 0 Å². The molecule has 35 heavy (non-hydrogen) atoms. The molecule has 6 nitrogen and oxygen atoms in total. The number of carbonyl (C=O) groups excluding carboxylic acids is 1. The molecule has 0 unspecified atom stereocenters. The number of carbonyl (C=O) groups is 1. The SMILES string of the molecule is C[C@@H](c1ccccc1)N1C(=O)/C(=C/c2c(N(C)C3CCCCC3)nc3ccccn3c2=O)SC1=S. The minimum absolute atomic E-state index is 0.180. The van der Waals surface area contributed by atoms with E-state index < -0.39 is 0 Å². The maximum atomic E-state index is 13.6. The van der Waals surface area contributed by atoms with Crippen molar-refractivity contribution < 1.29 is 4.79 Å². The number of rotatable bonds is 5. The van der Waals surface area contributed by atoms with Crippen LogP contribution in [-0.2, 0) is 4.79 Å². The van der Waals surface area contributed by atoms with E-state index in [1.54, 1.807) is 17.2 Å². The Labute approximate surface area is 214 Å². The zero-order chi connectivity index (χ0) is 24.5.